The van der Waals surface area contributed by atoms with Crippen LogP contribution in [0.15, 0.2) is 40.7 Å². The van der Waals surface area contributed by atoms with Crippen LogP contribution in [0.25, 0.3) is 5.57 Å². The standard InChI is InChI=1S/C10H6N2O3/c13-9-8(5-11-12-9)6-1-3-7(4-2-6)10(14)15/h1-5H,(H,14,15). The summed E-state index contributed by atoms with van der Waals surface area (Å²) >= 11 is 0. The number of nitrogens with zero attached hydrogens (tertiary/aromatic N) is 2. The summed E-state index contributed by atoms with van der Waals surface area (Å²) in [5.41, 5.74) is 1.18. The van der Waals surface area contributed by atoms with Gasteiger partial charge in [-0.3, -0.25) is 4.79 Å². The lowest BCUT2D eigenvalue weighted by molar-refractivity contribution is -0.112. The molecule has 0 aliphatic carbocycles. The Bertz CT molecular complexity index is 486. The van der Waals surface area contributed by atoms with Crippen molar-refractivity contribution < 1.29 is 14.7 Å². The third-order valence-electron chi connectivity index (χ3n) is 2.01. The van der Waals surface area contributed by atoms with Crippen LogP contribution >= 0.6 is 0 Å². The summed E-state index contributed by atoms with van der Waals surface area (Å²) in [5, 5.41) is 15.5. The monoisotopic (exact) mass is 202 g/mol. The van der Waals surface area contributed by atoms with Gasteiger partial charge in [-0.25, -0.2) is 4.79 Å². The largest absolute Gasteiger partial charge is 0.478 e. The summed E-state index contributed by atoms with van der Waals surface area (Å²) in [6.45, 7) is 0. The summed E-state index contributed by atoms with van der Waals surface area (Å²) < 4.78 is 0. The minimum Gasteiger partial charge on any atom is -0.478 e. The van der Waals surface area contributed by atoms with Crippen molar-refractivity contribution in [2.45, 2.75) is 0 Å². The van der Waals surface area contributed by atoms with Crippen LogP contribution in [-0.4, -0.2) is 17.0 Å². The lowest BCUT2D eigenvalue weighted by atomic mass is 10.0. The van der Waals surface area contributed by atoms with Crippen molar-refractivity contribution in [3.8, 4) is 0 Å². The zero-order valence-electron chi connectivity index (χ0n) is 7.54. The molecule has 74 valence electrons. The Morgan fingerprint density at radius 1 is 1.20 bits per heavy atom. The molecule has 1 aromatic carbocycles. The summed E-state index contributed by atoms with van der Waals surface area (Å²) in [6.07, 6.45) is 1.36. The van der Waals surface area contributed by atoms with Gasteiger partial charge in [-0.15, -0.1) is 5.11 Å². The summed E-state index contributed by atoms with van der Waals surface area (Å²) in [4.78, 5) is 21.7. The molecule has 1 N–H and O–H groups in total. The second-order valence-electron chi connectivity index (χ2n) is 2.95. The molecular formula is C10H6N2O3. The van der Waals surface area contributed by atoms with Gasteiger partial charge >= 0.3 is 5.97 Å². The van der Waals surface area contributed by atoms with E-state index in [9.17, 15) is 9.59 Å². The van der Waals surface area contributed by atoms with Crippen LogP contribution in [0.3, 0.4) is 0 Å². The third-order valence-corrected chi connectivity index (χ3v) is 2.01. The molecule has 0 fully saturated rings. The minimum absolute atomic E-state index is 0.179. The Kier molecular flexibility index (Phi) is 2.13. The number of hydrogen-bond acceptors (Lipinski definition) is 3. The maximum absolute atomic E-state index is 11.1. The number of rotatable bonds is 2. The van der Waals surface area contributed by atoms with Crippen molar-refractivity contribution in [2.75, 3.05) is 0 Å². The number of carboxylic acids is 1. The molecule has 1 heterocycles. The van der Waals surface area contributed by atoms with Gasteiger partial charge in [0.2, 0.25) is 0 Å². The highest BCUT2D eigenvalue weighted by atomic mass is 16.4. The van der Waals surface area contributed by atoms with Crippen molar-refractivity contribution in [3.63, 3.8) is 0 Å². The Hall–Kier alpha value is -2.30. The molecular weight excluding hydrogens is 196 g/mol. The molecule has 5 heteroatoms. The molecule has 15 heavy (non-hydrogen) atoms. The van der Waals surface area contributed by atoms with E-state index in [2.05, 4.69) is 10.2 Å². The lowest BCUT2D eigenvalue weighted by Crippen LogP contribution is -1.98. The van der Waals surface area contributed by atoms with E-state index in [1.807, 2.05) is 0 Å². The van der Waals surface area contributed by atoms with E-state index in [4.69, 9.17) is 5.11 Å². The number of benzene rings is 1. The number of azo groups is 1. The topological polar surface area (TPSA) is 79.1 Å². The first-order chi connectivity index (χ1) is 7.18. The van der Waals surface area contributed by atoms with Gasteiger partial charge in [0, 0.05) is 0 Å². The van der Waals surface area contributed by atoms with Crippen molar-refractivity contribution in [3.05, 3.63) is 41.6 Å². The first-order valence-electron chi connectivity index (χ1n) is 4.17. The van der Waals surface area contributed by atoms with E-state index in [1.54, 1.807) is 12.1 Å². The molecule has 0 radical (unpaired) electrons. The summed E-state index contributed by atoms with van der Waals surface area (Å²) in [6, 6.07) is 5.99. The molecule has 0 atom stereocenters. The fraction of sp³-hybridized carbons (Fsp3) is 0. The lowest BCUT2D eigenvalue weighted by Gasteiger charge is -1.99. The van der Waals surface area contributed by atoms with Gasteiger partial charge in [0.15, 0.2) is 0 Å². The van der Waals surface area contributed by atoms with E-state index >= 15 is 0 Å². The molecule has 0 bridgehead atoms. The molecule has 0 unspecified atom stereocenters. The van der Waals surface area contributed by atoms with Crippen LogP contribution in [0.4, 0.5) is 0 Å². The highest BCUT2D eigenvalue weighted by Gasteiger charge is 2.15. The van der Waals surface area contributed by atoms with Crippen molar-refractivity contribution >= 4 is 17.4 Å². The van der Waals surface area contributed by atoms with E-state index in [0.29, 0.717) is 11.1 Å². The van der Waals surface area contributed by atoms with Gasteiger partial charge in [-0.1, -0.05) is 12.1 Å². The van der Waals surface area contributed by atoms with Crippen LogP contribution in [-0.2, 0) is 4.79 Å². The quantitative estimate of drug-likeness (QED) is 0.792. The Morgan fingerprint density at radius 2 is 1.87 bits per heavy atom. The SMILES string of the molecule is O=C1N=NC=C1c1ccc(C(=O)O)cc1. The summed E-state index contributed by atoms with van der Waals surface area (Å²) in [5.74, 6) is -1.40. The second kappa shape index (κ2) is 3.45. The van der Waals surface area contributed by atoms with Crippen LogP contribution in [0.2, 0.25) is 0 Å². The third kappa shape index (κ3) is 1.67. The number of carboxylic acid groups (broad SMARTS) is 1. The zero-order chi connectivity index (χ0) is 10.8. The molecule has 0 saturated carbocycles. The molecule has 0 saturated heterocycles. The van der Waals surface area contributed by atoms with Crippen LogP contribution < -0.4 is 0 Å². The fourth-order valence-corrected chi connectivity index (χ4v) is 1.24. The molecule has 1 aromatic rings. The average molecular weight is 202 g/mol. The minimum atomic E-state index is -0.998. The molecule has 2 rings (SSSR count). The fourth-order valence-electron chi connectivity index (χ4n) is 1.24. The average Bonchev–Trinajstić information content (AvgIpc) is 2.65. The maximum Gasteiger partial charge on any atom is 0.335 e. The maximum atomic E-state index is 11.1. The number of hydrogen-bond donors (Lipinski definition) is 1. The highest BCUT2D eigenvalue weighted by Crippen LogP contribution is 2.20. The Morgan fingerprint density at radius 3 is 2.33 bits per heavy atom. The zero-order valence-corrected chi connectivity index (χ0v) is 7.54. The molecule has 5 nitrogen and oxygen atoms in total. The van der Waals surface area contributed by atoms with Crippen molar-refractivity contribution in [1.82, 2.24) is 0 Å². The highest BCUT2D eigenvalue weighted by molar-refractivity contribution is 6.21. The van der Waals surface area contributed by atoms with Gasteiger partial charge in [-0.05, 0) is 17.7 Å². The van der Waals surface area contributed by atoms with Crippen LogP contribution in [0.5, 0.6) is 0 Å². The van der Waals surface area contributed by atoms with Gasteiger partial charge in [0.05, 0.1) is 17.3 Å². The molecule has 0 spiro atoms. The van der Waals surface area contributed by atoms with Crippen LogP contribution in [0.1, 0.15) is 15.9 Å². The Balaban J connectivity index is 2.32. The number of carbonyl (C=O) groups is 2. The smallest absolute Gasteiger partial charge is 0.335 e. The van der Waals surface area contributed by atoms with Gasteiger partial charge in [0.1, 0.15) is 0 Å². The van der Waals surface area contributed by atoms with E-state index in [1.165, 1.54) is 18.3 Å². The van der Waals surface area contributed by atoms with E-state index < -0.39 is 11.9 Å². The Labute approximate surface area is 84.8 Å². The molecule has 1 aliphatic heterocycles. The second-order valence-corrected chi connectivity index (χ2v) is 2.95. The van der Waals surface area contributed by atoms with E-state index in [0.717, 1.165) is 0 Å². The summed E-state index contributed by atoms with van der Waals surface area (Å²) in [7, 11) is 0. The van der Waals surface area contributed by atoms with E-state index in [-0.39, 0.29) is 5.56 Å². The first kappa shape index (κ1) is 9.26. The van der Waals surface area contributed by atoms with Gasteiger partial charge in [-0.2, -0.15) is 5.11 Å². The normalized spacial score (nSPS) is 14.1. The van der Waals surface area contributed by atoms with Gasteiger partial charge in [0.25, 0.3) is 5.91 Å². The number of amides is 1. The molecule has 0 aromatic heterocycles. The predicted molar refractivity (Wildman–Crippen MR) is 51.2 cm³/mol. The van der Waals surface area contributed by atoms with Crippen molar-refractivity contribution in [1.29, 1.82) is 0 Å². The van der Waals surface area contributed by atoms with Crippen molar-refractivity contribution in [2.24, 2.45) is 10.2 Å². The number of aromatic carboxylic acids is 1. The first-order valence-corrected chi connectivity index (χ1v) is 4.17. The van der Waals surface area contributed by atoms with Gasteiger partial charge < -0.3 is 5.11 Å². The van der Waals surface area contributed by atoms with Crippen LogP contribution in [0, 0.1) is 0 Å². The molecule has 1 aliphatic rings. The number of carbonyl (C=O) groups excluding carboxylic acids is 1. The molecule has 1 amide bonds. The predicted octanol–water partition coefficient (Wildman–Crippen LogP) is 1.72.